The second-order valence-electron chi connectivity index (χ2n) is 5.72. The van der Waals surface area contributed by atoms with E-state index in [9.17, 15) is 0 Å². The van der Waals surface area contributed by atoms with Gasteiger partial charge in [0.05, 0.1) is 25.0 Å². The van der Waals surface area contributed by atoms with Crippen LogP contribution in [0.5, 0.6) is 0 Å². The third-order valence-corrected chi connectivity index (χ3v) is 4.13. The van der Waals surface area contributed by atoms with Gasteiger partial charge >= 0.3 is 0 Å². The van der Waals surface area contributed by atoms with E-state index in [1.165, 1.54) is 5.56 Å². The minimum absolute atomic E-state index is 0.466. The average molecular weight is 334 g/mol. The Morgan fingerprint density at radius 1 is 1.39 bits per heavy atom. The van der Waals surface area contributed by atoms with Gasteiger partial charge in [-0.05, 0) is 25.3 Å². The highest BCUT2D eigenvalue weighted by Gasteiger charge is 2.05. The van der Waals surface area contributed by atoms with Gasteiger partial charge in [-0.3, -0.25) is 4.68 Å². The van der Waals surface area contributed by atoms with Crippen molar-refractivity contribution < 1.29 is 0 Å². The number of guanidine groups is 1. The van der Waals surface area contributed by atoms with E-state index >= 15 is 0 Å². The zero-order chi connectivity index (χ0) is 16.7. The molecule has 2 aromatic heterocycles. The first-order valence-corrected chi connectivity index (χ1v) is 8.92. The largest absolute Gasteiger partial charge is 0.357 e. The fourth-order valence-corrected chi connectivity index (χ4v) is 2.91. The summed E-state index contributed by atoms with van der Waals surface area (Å²) in [5.41, 5.74) is 2.32. The summed E-state index contributed by atoms with van der Waals surface area (Å²) in [7, 11) is 0. The van der Waals surface area contributed by atoms with E-state index in [0.717, 1.165) is 36.3 Å². The van der Waals surface area contributed by atoms with Crippen LogP contribution in [0.15, 0.2) is 22.8 Å². The average Bonchev–Trinajstić information content (AvgIpc) is 3.14. The molecule has 0 amide bonds. The van der Waals surface area contributed by atoms with Gasteiger partial charge in [-0.1, -0.05) is 13.8 Å². The third-order valence-electron chi connectivity index (χ3n) is 3.27. The van der Waals surface area contributed by atoms with Gasteiger partial charge in [-0.15, -0.1) is 11.3 Å². The lowest BCUT2D eigenvalue weighted by Gasteiger charge is -2.10. The molecule has 0 bridgehead atoms. The molecule has 0 radical (unpaired) electrons. The van der Waals surface area contributed by atoms with Crippen LogP contribution in [-0.2, 0) is 13.1 Å². The molecule has 2 rings (SSSR count). The Balaban J connectivity index is 1.85. The molecule has 7 heteroatoms. The van der Waals surface area contributed by atoms with E-state index in [2.05, 4.69) is 51.9 Å². The molecule has 0 atom stereocenters. The summed E-state index contributed by atoms with van der Waals surface area (Å²) in [5, 5.41) is 14.0. The van der Waals surface area contributed by atoms with E-state index < -0.39 is 0 Å². The van der Waals surface area contributed by atoms with Gasteiger partial charge in [0.2, 0.25) is 0 Å². The summed E-state index contributed by atoms with van der Waals surface area (Å²) in [4.78, 5) is 9.22. The lowest BCUT2D eigenvalue weighted by molar-refractivity contribution is 0.597. The number of aromatic nitrogens is 3. The first-order chi connectivity index (χ1) is 11.1. The van der Waals surface area contributed by atoms with Crippen molar-refractivity contribution >= 4 is 17.3 Å². The fourth-order valence-electron chi connectivity index (χ4n) is 2.03. The zero-order valence-electron chi connectivity index (χ0n) is 14.3. The first kappa shape index (κ1) is 17.5. The Morgan fingerprint density at radius 2 is 2.22 bits per heavy atom. The van der Waals surface area contributed by atoms with Crippen molar-refractivity contribution in [2.45, 2.75) is 46.7 Å². The number of nitrogens with zero attached hydrogens (tertiary/aromatic N) is 4. The predicted octanol–water partition coefficient (Wildman–Crippen LogP) is 2.53. The van der Waals surface area contributed by atoms with Crippen molar-refractivity contribution in [3.05, 3.63) is 34.0 Å². The van der Waals surface area contributed by atoms with Crippen molar-refractivity contribution in [1.82, 2.24) is 25.4 Å². The zero-order valence-corrected chi connectivity index (χ0v) is 15.2. The summed E-state index contributed by atoms with van der Waals surface area (Å²) in [6, 6.07) is 0. The van der Waals surface area contributed by atoms with Crippen LogP contribution in [-0.4, -0.2) is 33.8 Å². The Labute approximate surface area is 142 Å². The molecule has 126 valence electrons. The van der Waals surface area contributed by atoms with Crippen LogP contribution >= 0.6 is 11.3 Å². The Kier molecular flexibility index (Phi) is 6.58. The van der Waals surface area contributed by atoms with E-state index in [1.54, 1.807) is 11.3 Å². The maximum atomic E-state index is 4.61. The van der Waals surface area contributed by atoms with Gasteiger partial charge < -0.3 is 10.6 Å². The van der Waals surface area contributed by atoms with Crippen molar-refractivity contribution in [2.24, 2.45) is 4.99 Å². The number of hydrogen-bond acceptors (Lipinski definition) is 4. The topological polar surface area (TPSA) is 67.1 Å². The van der Waals surface area contributed by atoms with E-state index in [4.69, 9.17) is 0 Å². The van der Waals surface area contributed by atoms with Gasteiger partial charge in [0.1, 0.15) is 5.01 Å². The molecule has 2 N–H and O–H groups in total. The van der Waals surface area contributed by atoms with Gasteiger partial charge in [-0.2, -0.15) is 5.10 Å². The third kappa shape index (κ3) is 5.67. The minimum atomic E-state index is 0.466. The molecule has 0 spiro atoms. The summed E-state index contributed by atoms with van der Waals surface area (Å²) >= 11 is 1.67. The number of rotatable bonds is 7. The van der Waals surface area contributed by atoms with Crippen molar-refractivity contribution in [2.75, 3.05) is 13.1 Å². The molecule has 6 nitrogen and oxygen atoms in total. The maximum Gasteiger partial charge on any atom is 0.191 e. The Morgan fingerprint density at radius 3 is 2.83 bits per heavy atom. The van der Waals surface area contributed by atoms with Crippen molar-refractivity contribution in [1.29, 1.82) is 0 Å². The van der Waals surface area contributed by atoms with E-state index in [0.29, 0.717) is 12.5 Å². The van der Waals surface area contributed by atoms with E-state index in [1.807, 2.05) is 24.0 Å². The number of nitrogens with one attached hydrogen (secondary N) is 2. The molecular formula is C16H26N6S. The molecule has 0 fully saturated rings. The molecule has 0 aliphatic rings. The molecule has 0 aliphatic heterocycles. The Hall–Kier alpha value is -1.89. The summed E-state index contributed by atoms with van der Waals surface area (Å²) < 4.78 is 1.93. The lowest BCUT2D eigenvalue weighted by Crippen LogP contribution is -2.38. The summed E-state index contributed by atoms with van der Waals surface area (Å²) in [6.07, 6.45) is 3.91. The fraction of sp³-hybridized carbons (Fsp3) is 0.562. The van der Waals surface area contributed by atoms with Crippen LogP contribution in [0.2, 0.25) is 0 Å². The molecule has 2 aromatic rings. The highest BCUT2D eigenvalue weighted by atomic mass is 32.1. The first-order valence-electron chi connectivity index (χ1n) is 8.04. The van der Waals surface area contributed by atoms with Crippen LogP contribution in [0.4, 0.5) is 0 Å². The molecule has 0 saturated heterocycles. The number of aliphatic imine (C=N–C) groups is 1. The van der Waals surface area contributed by atoms with Gasteiger partial charge in [0.25, 0.3) is 0 Å². The molecule has 0 aliphatic carbocycles. The second kappa shape index (κ2) is 8.67. The van der Waals surface area contributed by atoms with Crippen molar-refractivity contribution in [3.63, 3.8) is 0 Å². The highest BCUT2D eigenvalue weighted by molar-refractivity contribution is 7.09. The molecule has 0 aromatic carbocycles. The van der Waals surface area contributed by atoms with Crippen molar-refractivity contribution in [3.8, 4) is 0 Å². The number of hydrogen-bond donors (Lipinski definition) is 2. The lowest BCUT2D eigenvalue weighted by atomic mass is 10.2. The smallest absolute Gasteiger partial charge is 0.191 e. The maximum absolute atomic E-state index is 4.61. The second-order valence-corrected chi connectivity index (χ2v) is 6.67. The van der Waals surface area contributed by atoms with Crippen LogP contribution < -0.4 is 10.6 Å². The van der Waals surface area contributed by atoms with Gasteiger partial charge in [0.15, 0.2) is 5.96 Å². The van der Waals surface area contributed by atoms with Crippen LogP contribution in [0.3, 0.4) is 0 Å². The standard InChI is InChI=1S/C16H26N6S/c1-5-17-16(18-6-7-22-10-13(4)8-20-22)19-9-15-21-14(11-23-15)12(2)3/h8,10-12H,5-7,9H2,1-4H3,(H2,17,18,19). The van der Waals surface area contributed by atoms with Crippen LogP contribution in [0, 0.1) is 6.92 Å². The molecule has 2 heterocycles. The molecular weight excluding hydrogens is 308 g/mol. The van der Waals surface area contributed by atoms with Crippen LogP contribution in [0.25, 0.3) is 0 Å². The number of thiazole rings is 1. The SMILES string of the molecule is CCNC(=NCc1nc(C(C)C)cs1)NCCn1cc(C)cn1. The molecule has 0 saturated carbocycles. The minimum Gasteiger partial charge on any atom is -0.357 e. The van der Waals surface area contributed by atoms with E-state index in [-0.39, 0.29) is 0 Å². The predicted molar refractivity (Wildman–Crippen MR) is 96.0 cm³/mol. The van der Waals surface area contributed by atoms with Gasteiger partial charge in [0, 0.05) is 24.7 Å². The van der Waals surface area contributed by atoms with Gasteiger partial charge in [-0.25, -0.2) is 9.98 Å². The Bertz CT molecular complexity index is 628. The normalized spacial score (nSPS) is 12.0. The number of aryl methyl sites for hydroxylation is 1. The quantitative estimate of drug-likeness (QED) is 0.603. The molecule has 23 heavy (non-hydrogen) atoms. The van der Waals surface area contributed by atoms with Crippen LogP contribution in [0.1, 0.15) is 43.0 Å². The summed E-state index contributed by atoms with van der Waals surface area (Å²) in [5.74, 6) is 1.28. The molecule has 0 unspecified atom stereocenters. The highest BCUT2D eigenvalue weighted by Crippen LogP contribution is 2.18. The monoisotopic (exact) mass is 334 g/mol. The summed E-state index contributed by atoms with van der Waals surface area (Å²) in [6.45, 7) is 11.5.